The number of aromatic nitrogens is 3. The maximum absolute atomic E-state index is 8.78. The summed E-state index contributed by atoms with van der Waals surface area (Å²) in [5.74, 6) is 0.315. The Kier molecular flexibility index (Phi) is 3.19. The van der Waals surface area contributed by atoms with E-state index in [-0.39, 0.29) is 0 Å². The van der Waals surface area contributed by atoms with E-state index in [1.54, 1.807) is 4.68 Å². The number of hydrogen-bond acceptors (Lipinski definition) is 5. The van der Waals surface area contributed by atoms with Gasteiger partial charge in [0.2, 0.25) is 0 Å². The van der Waals surface area contributed by atoms with Crippen LogP contribution >= 0.6 is 0 Å². The van der Waals surface area contributed by atoms with Gasteiger partial charge in [-0.2, -0.15) is 0 Å². The molecule has 1 aromatic heterocycles. The lowest BCUT2D eigenvalue weighted by Crippen LogP contribution is -2.39. The van der Waals surface area contributed by atoms with E-state index in [0.717, 1.165) is 37.5 Å². The summed E-state index contributed by atoms with van der Waals surface area (Å²) < 4.78 is 1.71. The van der Waals surface area contributed by atoms with Crippen LogP contribution in [-0.4, -0.2) is 43.9 Å². The first-order valence-corrected chi connectivity index (χ1v) is 5.47. The zero-order chi connectivity index (χ0) is 11.5. The molecule has 0 aliphatic carbocycles. The Morgan fingerprint density at radius 1 is 1.62 bits per heavy atom. The Balaban J connectivity index is 1.93. The smallest absolute Gasteiger partial charge is 0.0967 e. The largest absolute Gasteiger partial charge is 0.411 e. The van der Waals surface area contributed by atoms with Crippen LogP contribution in [0.3, 0.4) is 0 Å². The fourth-order valence-electron chi connectivity index (χ4n) is 2.09. The van der Waals surface area contributed by atoms with Gasteiger partial charge in [0.25, 0.3) is 0 Å². The topological polar surface area (TPSA) is 66.5 Å². The van der Waals surface area contributed by atoms with E-state index < -0.39 is 0 Å². The molecule has 1 aliphatic heterocycles. The molecule has 6 nitrogen and oxygen atoms in total. The van der Waals surface area contributed by atoms with Gasteiger partial charge in [0.1, 0.15) is 0 Å². The van der Waals surface area contributed by atoms with Gasteiger partial charge in [-0.15, -0.1) is 5.10 Å². The number of piperidine rings is 1. The van der Waals surface area contributed by atoms with Gasteiger partial charge in [-0.05, 0) is 0 Å². The van der Waals surface area contributed by atoms with Crippen molar-refractivity contribution in [1.29, 1.82) is 0 Å². The van der Waals surface area contributed by atoms with Gasteiger partial charge in [-0.25, -0.2) is 0 Å². The van der Waals surface area contributed by atoms with Crippen LogP contribution in [0.5, 0.6) is 0 Å². The third kappa shape index (κ3) is 2.38. The Morgan fingerprint density at radius 2 is 2.44 bits per heavy atom. The average Bonchev–Trinajstić information content (AvgIpc) is 2.64. The van der Waals surface area contributed by atoms with Gasteiger partial charge in [0, 0.05) is 45.2 Å². The van der Waals surface area contributed by atoms with E-state index in [1.165, 1.54) is 0 Å². The van der Waals surface area contributed by atoms with Crippen molar-refractivity contribution < 1.29 is 5.21 Å². The SMILES string of the molecule is CC1CN(Cc2cn(C)nn2)CCC1=NO. The highest BCUT2D eigenvalue weighted by molar-refractivity contribution is 5.86. The molecule has 0 saturated carbocycles. The lowest BCUT2D eigenvalue weighted by Gasteiger charge is -2.30. The number of aryl methyl sites for hydroxylation is 1. The number of nitrogens with zero attached hydrogens (tertiary/aromatic N) is 5. The Labute approximate surface area is 94.5 Å². The van der Waals surface area contributed by atoms with Gasteiger partial charge < -0.3 is 5.21 Å². The molecular formula is C10H17N5O. The normalized spacial score (nSPS) is 25.1. The van der Waals surface area contributed by atoms with Crippen molar-refractivity contribution in [2.45, 2.75) is 19.9 Å². The third-order valence-electron chi connectivity index (χ3n) is 2.95. The first-order valence-electron chi connectivity index (χ1n) is 5.47. The Bertz CT molecular complexity index is 386. The number of likely N-dealkylation sites (tertiary alicyclic amines) is 1. The molecule has 0 radical (unpaired) electrons. The molecule has 1 N–H and O–H groups in total. The molecule has 1 atom stereocenters. The second-order valence-electron chi connectivity index (χ2n) is 4.36. The molecule has 0 bridgehead atoms. The first kappa shape index (κ1) is 11.1. The third-order valence-corrected chi connectivity index (χ3v) is 2.95. The van der Waals surface area contributed by atoms with Crippen molar-refractivity contribution in [2.24, 2.45) is 18.1 Å². The molecule has 16 heavy (non-hydrogen) atoms. The summed E-state index contributed by atoms with van der Waals surface area (Å²) in [6, 6.07) is 0. The van der Waals surface area contributed by atoms with Crippen LogP contribution < -0.4 is 0 Å². The van der Waals surface area contributed by atoms with E-state index in [2.05, 4.69) is 27.3 Å². The van der Waals surface area contributed by atoms with Crippen LogP contribution in [0.2, 0.25) is 0 Å². The van der Waals surface area contributed by atoms with E-state index in [9.17, 15) is 0 Å². The summed E-state index contributed by atoms with van der Waals surface area (Å²) in [6.07, 6.45) is 2.76. The minimum Gasteiger partial charge on any atom is -0.411 e. The van der Waals surface area contributed by atoms with E-state index in [4.69, 9.17) is 5.21 Å². The molecule has 1 saturated heterocycles. The quantitative estimate of drug-likeness (QED) is 0.585. The highest BCUT2D eigenvalue weighted by Crippen LogP contribution is 2.15. The molecule has 2 heterocycles. The highest BCUT2D eigenvalue weighted by Gasteiger charge is 2.22. The Hall–Kier alpha value is -1.43. The molecule has 2 rings (SSSR count). The number of rotatable bonds is 2. The van der Waals surface area contributed by atoms with Crippen molar-refractivity contribution in [3.05, 3.63) is 11.9 Å². The fourth-order valence-corrected chi connectivity index (χ4v) is 2.09. The lowest BCUT2D eigenvalue weighted by atomic mass is 9.97. The second-order valence-corrected chi connectivity index (χ2v) is 4.36. The standard InChI is InChI=1S/C10H17N5O/c1-8-5-15(4-3-10(8)12-16)7-9-6-14(2)13-11-9/h6,8,16H,3-5,7H2,1-2H3. The van der Waals surface area contributed by atoms with Gasteiger partial charge in [0.05, 0.1) is 11.4 Å². The molecule has 1 fully saturated rings. The molecule has 6 heteroatoms. The summed E-state index contributed by atoms with van der Waals surface area (Å²) in [4.78, 5) is 2.31. The zero-order valence-electron chi connectivity index (χ0n) is 9.67. The summed E-state index contributed by atoms with van der Waals surface area (Å²) in [5, 5.41) is 20.1. The molecule has 0 amide bonds. The average molecular weight is 223 g/mol. The predicted molar refractivity (Wildman–Crippen MR) is 59.3 cm³/mol. The molecule has 1 aromatic rings. The van der Waals surface area contributed by atoms with Crippen LogP contribution in [0.25, 0.3) is 0 Å². The Morgan fingerprint density at radius 3 is 3.00 bits per heavy atom. The van der Waals surface area contributed by atoms with Crippen LogP contribution in [-0.2, 0) is 13.6 Å². The van der Waals surface area contributed by atoms with Gasteiger partial charge in [-0.3, -0.25) is 9.58 Å². The van der Waals surface area contributed by atoms with Crippen molar-refractivity contribution in [1.82, 2.24) is 19.9 Å². The summed E-state index contributed by atoms with van der Waals surface area (Å²) >= 11 is 0. The fraction of sp³-hybridized carbons (Fsp3) is 0.700. The monoisotopic (exact) mass is 223 g/mol. The maximum atomic E-state index is 8.78. The summed E-state index contributed by atoms with van der Waals surface area (Å²) in [6.45, 7) is 4.73. The summed E-state index contributed by atoms with van der Waals surface area (Å²) in [5.41, 5.74) is 1.88. The van der Waals surface area contributed by atoms with Gasteiger partial charge in [0.15, 0.2) is 0 Å². The van der Waals surface area contributed by atoms with Crippen LogP contribution in [0, 0.1) is 5.92 Å². The van der Waals surface area contributed by atoms with Crippen molar-refractivity contribution in [3.8, 4) is 0 Å². The molecule has 0 spiro atoms. The minimum absolute atomic E-state index is 0.315. The van der Waals surface area contributed by atoms with Crippen molar-refractivity contribution in [2.75, 3.05) is 13.1 Å². The molecular weight excluding hydrogens is 206 g/mol. The first-order chi connectivity index (χ1) is 7.69. The second kappa shape index (κ2) is 4.61. The van der Waals surface area contributed by atoms with E-state index in [0.29, 0.717) is 5.92 Å². The van der Waals surface area contributed by atoms with Gasteiger partial charge in [-0.1, -0.05) is 17.3 Å². The minimum atomic E-state index is 0.315. The van der Waals surface area contributed by atoms with Gasteiger partial charge >= 0.3 is 0 Å². The van der Waals surface area contributed by atoms with Crippen LogP contribution in [0.15, 0.2) is 11.4 Å². The van der Waals surface area contributed by atoms with E-state index >= 15 is 0 Å². The van der Waals surface area contributed by atoms with Crippen molar-refractivity contribution >= 4 is 5.71 Å². The van der Waals surface area contributed by atoms with E-state index in [1.807, 2.05) is 13.2 Å². The molecule has 88 valence electrons. The molecule has 1 aliphatic rings. The van der Waals surface area contributed by atoms with Crippen LogP contribution in [0.4, 0.5) is 0 Å². The number of oxime groups is 1. The lowest BCUT2D eigenvalue weighted by molar-refractivity contribution is 0.226. The highest BCUT2D eigenvalue weighted by atomic mass is 16.4. The molecule has 1 unspecified atom stereocenters. The molecule has 0 aromatic carbocycles. The maximum Gasteiger partial charge on any atom is 0.0967 e. The number of hydrogen-bond donors (Lipinski definition) is 1. The predicted octanol–water partition coefficient (Wildman–Crippen LogP) is 0.487. The summed E-state index contributed by atoms with van der Waals surface area (Å²) in [7, 11) is 1.87. The van der Waals surface area contributed by atoms with Crippen molar-refractivity contribution in [3.63, 3.8) is 0 Å². The zero-order valence-corrected chi connectivity index (χ0v) is 9.67. The van der Waals surface area contributed by atoms with Crippen LogP contribution in [0.1, 0.15) is 19.0 Å².